The van der Waals surface area contributed by atoms with Crippen LogP contribution >= 0.6 is 0 Å². The number of hydrogen-bond donors (Lipinski definition) is 1. The number of nitrogens with zero attached hydrogens (tertiary/aromatic N) is 2. The van der Waals surface area contributed by atoms with Gasteiger partial charge >= 0.3 is 12.2 Å². The van der Waals surface area contributed by atoms with Crippen LogP contribution in [-0.4, -0.2) is 65.7 Å². The standard InChI is InChI=1S/C25H37N3O5/c1-25(2,3)33-23(30)26-21-11-9-19(10-12-21)17-22(29)27-13-15-28(16-14-27)24(31)32-18-20-7-5-4-6-8-20/h4-8,19,21H,9-18H2,1-3H3,(H,26,30). The van der Waals surface area contributed by atoms with Crippen molar-refractivity contribution in [2.24, 2.45) is 5.92 Å². The minimum Gasteiger partial charge on any atom is -0.445 e. The SMILES string of the molecule is CC(C)(C)OC(=O)NC1CCC(CC(=O)N2CCN(C(=O)OCc3ccccc3)CC2)CC1. The van der Waals surface area contributed by atoms with E-state index in [4.69, 9.17) is 9.47 Å². The fraction of sp³-hybridized carbons (Fsp3) is 0.640. The van der Waals surface area contributed by atoms with Gasteiger partial charge in [0.1, 0.15) is 12.2 Å². The van der Waals surface area contributed by atoms with Crippen molar-refractivity contribution < 1.29 is 23.9 Å². The van der Waals surface area contributed by atoms with Crippen molar-refractivity contribution in [2.75, 3.05) is 26.2 Å². The molecule has 1 aromatic rings. The number of carbonyl (C=O) groups excluding carboxylic acids is 3. The summed E-state index contributed by atoms with van der Waals surface area (Å²) in [6.07, 6.45) is 3.37. The summed E-state index contributed by atoms with van der Waals surface area (Å²) in [7, 11) is 0. The summed E-state index contributed by atoms with van der Waals surface area (Å²) >= 11 is 0. The Bertz CT molecular complexity index is 792. The summed E-state index contributed by atoms with van der Waals surface area (Å²) in [5, 5.41) is 2.94. The first-order chi connectivity index (χ1) is 15.7. The molecular formula is C25H37N3O5. The average Bonchev–Trinajstić information content (AvgIpc) is 2.78. The summed E-state index contributed by atoms with van der Waals surface area (Å²) in [4.78, 5) is 40.6. The lowest BCUT2D eigenvalue weighted by atomic mass is 9.84. The van der Waals surface area contributed by atoms with E-state index >= 15 is 0 Å². The summed E-state index contributed by atoms with van der Waals surface area (Å²) < 4.78 is 10.7. The van der Waals surface area contributed by atoms with Gasteiger partial charge in [-0.3, -0.25) is 4.79 Å². The van der Waals surface area contributed by atoms with E-state index in [0.29, 0.717) is 38.5 Å². The number of nitrogens with one attached hydrogen (secondary N) is 1. The van der Waals surface area contributed by atoms with Crippen molar-refractivity contribution in [1.82, 2.24) is 15.1 Å². The van der Waals surface area contributed by atoms with E-state index in [9.17, 15) is 14.4 Å². The molecule has 0 aromatic heterocycles. The molecule has 1 saturated heterocycles. The first-order valence-corrected chi connectivity index (χ1v) is 11.9. The second-order valence-corrected chi connectivity index (χ2v) is 9.98. The van der Waals surface area contributed by atoms with E-state index in [1.54, 1.807) is 4.90 Å². The normalized spacial score (nSPS) is 21.3. The van der Waals surface area contributed by atoms with Gasteiger partial charge in [-0.2, -0.15) is 0 Å². The molecule has 2 fully saturated rings. The molecule has 0 bridgehead atoms. The maximum atomic E-state index is 12.8. The summed E-state index contributed by atoms with van der Waals surface area (Å²) in [5.74, 6) is 0.485. The van der Waals surface area contributed by atoms with E-state index in [0.717, 1.165) is 31.2 Å². The Kier molecular flexibility index (Phi) is 8.58. The van der Waals surface area contributed by atoms with Gasteiger partial charge in [-0.25, -0.2) is 9.59 Å². The fourth-order valence-corrected chi connectivity index (χ4v) is 4.31. The molecule has 3 rings (SSSR count). The Balaban J connectivity index is 1.32. The van der Waals surface area contributed by atoms with Gasteiger partial charge in [0.05, 0.1) is 0 Å². The minimum atomic E-state index is -0.504. The molecule has 1 aromatic carbocycles. The van der Waals surface area contributed by atoms with E-state index < -0.39 is 5.60 Å². The largest absolute Gasteiger partial charge is 0.445 e. The predicted octanol–water partition coefficient (Wildman–Crippen LogP) is 3.94. The third kappa shape index (κ3) is 8.26. The van der Waals surface area contributed by atoms with E-state index in [1.807, 2.05) is 56.0 Å². The predicted molar refractivity (Wildman–Crippen MR) is 125 cm³/mol. The van der Waals surface area contributed by atoms with Crippen LogP contribution in [0.25, 0.3) is 0 Å². The van der Waals surface area contributed by atoms with E-state index in [1.165, 1.54) is 0 Å². The maximum Gasteiger partial charge on any atom is 0.410 e. The fourth-order valence-electron chi connectivity index (χ4n) is 4.31. The molecule has 1 heterocycles. The molecule has 182 valence electrons. The molecule has 0 spiro atoms. The second-order valence-electron chi connectivity index (χ2n) is 9.98. The Morgan fingerprint density at radius 3 is 2.15 bits per heavy atom. The average molecular weight is 460 g/mol. The van der Waals surface area contributed by atoms with Crippen LogP contribution in [0.1, 0.15) is 58.4 Å². The Morgan fingerprint density at radius 2 is 1.55 bits per heavy atom. The van der Waals surface area contributed by atoms with Crippen LogP contribution in [0.3, 0.4) is 0 Å². The van der Waals surface area contributed by atoms with Crippen molar-refractivity contribution in [3.05, 3.63) is 35.9 Å². The number of piperazine rings is 1. The summed E-state index contributed by atoms with van der Waals surface area (Å²) in [6.45, 7) is 7.86. The zero-order chi connectivity index (χ0) is 23.8. The maximum absolute atomic E-state index is 12.8. The van der Waals surface area contributed by atoms with Crippen LogP contribution in [0.5, 0.6) is 0 Å². The minimum absolute atomic E-state index is 0.108. The van der Waals surface area contributed by atoms with Gasteiger partial charge in [-0.05, 0) is 57.9 Å². The molecule has 1 N–H and O–H groups in total. The highest BCUT2D eigenvalue weighted by atomic mass is 16.6. The van der Waals surface area contributed by atoms with Gasteiger partial charge in [-0.1, -0.05) is 30.3 Å². The molecular weight excluding hydrogens is 422 g/mol. The number of carbonyl (C=O) groups is 3. The topological polar surface area (TPSA) is 88.2 Å². The van der Waals surface area contributed by atoms with Gasteiger partial charge in [-0.15, -0.1) is 0 Å². The molecule has 0 radical (unpaired) electrons. The highest BCUT2D eigenvalue weighted by Crippen LogP contribution is 2.28. The van der Waals surface area contributed by atoms with Gasteiger partial charge in [0.2, 0.25) is 5.91 Å². The van der Waals surface area contributed by atoms with E-state index in [2.05, 4.69) is 5.32 Å². The van der Waals surface area contributed by atoms with Crippen LogP contribution in [0.2, 0.25) is 0 Å². The number of rotatable bonds is 5. The van der Waals surface area contributed by atoms with Crippen molar-refractivity contribution in [1.29, 1.82) is 0 Å². The molecule has 2 aliphatic rings. The number of benzene rings is 1. The Morgan fingerprint density at radius 1 is 0.939 bits per heavy atom. The van der Waals surface area contributed by atoms with Gasteiger partial charge in [0, 0.05) is 38.6 Å². The van der Waals surface area contributed by atoms with Gasteiger partial charge in [0.25, 0.3) is 0 Å². The molecule has 8 nitrogen and oxygen atoms in total. The Hall–Kier alpha value is -2.77. The van der Waals surface area contributed by atoms with Gasteiger partial charge in [0.15, 0.2) is 0 Å². The number of amides is 3. The third-order valence-corrected chi connectivity index (χ3v) is 6.13. The summed E-state index contributed by atoms with van der Waals surface area (Å²) in [6, 6.07) is 9.70. The molecule has 3 amide bonds. The van der Waals surface area contributed by atoms with Crippen molar-refractivity contribution in [3.8, 4) is 0 Å². The number of hydrogen-bond acceptors (Lipinski definition) is 5. The second kappa shape index (κ2) is 11.4. The quantitative estimate of drug-likeness (QED) is 0.721. The van der Waals surface area contributed by atoms with Gasteiger partial charge < -0.3 is 24.6 Å². The first kappa shape index (κ1) is 24.9. The molecule has 8 heteroatoms. The smallest absolute Gasteiger partial charge is 0.410 e. The number of ether oxygens (including phenoxy) is 2. The monoisotopic (exact) mass is 459 g/mol. The highest BCUT2D eigenvalue weighted by molar-refractivity contribution is 5.77. The third-order valence-electron chi connectivity index (χ3n) is 6.13. The molecule has 33 heavy (non-hydrogen) atoms. The molecule has 1 saturated carbocycles. The van der Waals surface area contributed by atoms with Crippen LogP contribution in [0.4, 0.5) is 9.59 Å². The summed E-state index contributed by atoms with van der Waals surface area (Å²) in [5.41, 5.74) is 0.451. The number of alkyl carbamates (subject to hydrolysis) is 1. The zero-order valence-electron chi connectivity index (χ0n) is 20.0. The first-order valence-electron chi connectivity index (χ1n) is 11.9. The van der Waals surface area contributed by atoms with Crippen LogP contribution in [-0.2, 0) is 20.9 Å². The van der Waals surface area contributed by atoms with Crippen molar-refractivity contribution in [2.45, 2.75) is 71.1 Å². The molecule has 0 unspecified atom stereocenters. The van der Waals surface area contributed by atoms with Crippen LogP contribution < -0.4 is 5.32 Å². The highest BCUT2D eigenvalue weighted by Gasteiger charge is 2.29. The van der Waals surface area contributed by atoms with Crippen LogP contribution in [0.15, 0.2) is 30.3 Å². The Labute approximate surface area is 196 Å². The zero-order valence-corrected chi connectivity index (χ0v) is 20.0. The lowest BCUT2D eigenvalue weighted by Gasteiger charge is -2.35. The molecule has 0 atom stereocenters. The van der Waals surface area contributed by atoms with Crippen LogP contribution in [0, 0.1) is 5.92 Å². The van der Waals surface area contributed by atoms with E-state index in [-0.39, 0.29) is 30.7 Å². The van der Waals surface area contributed by atoms with Crippen molar-refractivity contribution in [3.63, 3.8) is 0 Å². The molecule has 1 aliphatic heterocycles. The lowest BCUT2D eigenvalue weighted by Crippen LogP contribution is -2.51. The van der Waals surface area contributed by atoms with Crippen molar-refractivity contribution >= 4 is 18.1 Å². The molecule has 1 aliphatic carbocycles. The lowest BCUT2D eigenvalue weighted by molar-refractivity contribution is -0.134.